The number of aliphatic carboxylic acids is 3. The van der Waals surface area contributed by atoms with Crippen LogP contribution in [-0.2, 0) is 57.6 Å². The van der Waals surface area contributed by atoms with Crippen molar-refractivity contribution in [3.05, 3.63) is 142 Å². The summed E-state index contributed by atoms with van der Waals surface area (Å²) < 4.78 is 10.5. The molecule has 0 aliphatic rings. The van der Waals surface area contributed by atoms with Crippen molar-refractivity contribution in [2.24, 2.45) is 17.8 Å². The van der Waals surface area contributed by atoms with Gasteiger partial charge in [0, 0.05) is 12.1 Å². The molecule has 0 heterocycles. The molecule has 69 heavy (non-hydrogen) atoms. The van der Waals surface area contributed by atoms with Gasteiger partial charge in [-0.3, -0.25) is 38.9 Å². The van der Waals surface area contributed by atoms with Crippen LogP contribution in [0.4, 0.5) is 10.5 Å². The molecule has 6 atom stereocenters. The van der Waals surface area contributed by atoms with Gasteiger partial charge in [-0.2, -0.15) is 0 Å². The number of hydrogen-bond donors (Lipinski definition) is 7. The van der Waals surface area contributed by atoms with Gasteiger partial charge in [0.15, 0.2) is 0 Å². The maximum Gasteiger partial charge on any atom is 0.408 e. The van der Waals surface area contributed by atoms with E-state index in [0.717, 1.165) is 24.3 Å². The highest BCUT2D eigenvalue weighted by Gasteiger charge is 2.37. The summed E-state index contributed by atoms with van der Waals surface area (Å²) in [6.07, 6.45) is -3.21. The summed E-state index contributed by atoms with van der Waals surface area (Å²) in [6.45, 7) is 3.83. The molecule has 4 amide bonds. The van der Waals surface area contributed by atoms with Crippen molar-refractivity contribution in [2.45, 2.75) is 83.0 Å². The van der Waals surface area contributed by atoms with Gasteiger partial charge in [-0.25, -0.2) is 9.59 Å². The van der Waals surface area contributed by atoms with Gasteiger partial charge in [-0.1, -0.05) is 91.0 Å². The number of carboxylic acid groups (broad SMARTS) is 3. The summed E-state index contributed by atoms with van der Waals surface area (Å²) in [5.41, 5.74) is 0.360. The molecule has 0 spiro atoms. The number of nitrogens with zero attached hydrogens (tertiary/aromatic N) is 1. The van der Waals surface area contributed by atoms with E-state index in [2.05, 4.69) is 21.3 Å². The van der Waals surface area contributed by atoms with Crippen molar-refractivity contribution in [3.63, 3.8) is 0 Å². The molecule has 0 bridgehead atoms. The lowest BCUT2D eigenvalue weighted by Crippen LogP contribution is -2.58. The highest BCUT2D eigenvalue weighted by atomic mass is 16.6. The number of hydrogen-bond acceptors (Lipinski definition) is 12. The zero-order valence-corrected chi connectivity index (χ0v) is 38.1. The largest absolute Gasteiger partial charge is 0.481 e. The maximum atomic E-state index is 14.6. The standard InChI is InChI=1S/C49H55N5O15/c1-49(2,3)69-48(65)53-40(28-35(47(63)64)25-32-17-11-6-12-18-32)44(58)52-39(27-34(46(61)62)24-31-15-9-5-10-16-31)43(57)51-38(26-33(45(59)60)23-30-13-7-4-8-14-30)42(56)50-29-41(55)68-37-21-19-36(20-22-37)54(66)67/h4-22,33-35,38-40H,23-29H2,1-3H3,(H,50,56)(H,51,57)(H,52,58)(H,53,65)(H,59,60)(H,61,62)(H,63,64). The van der Waals surface area contributed by atoms with Gasteiger partial charge in [0.1, 0.15) is 36.0 Å². The van der Waals surface area contributed by atoms with Crippen LogP contribution in [0, 0.1) is 27.9 Å². The fraction of sp³-hybridized carbons (Fsp3) is 0.347. The molecule has 0 fully saturated rings. The first kappa shape index (κ1) is 53.5. The van der Waals surface area contributed by atoms with Gasteiger partial charge in [0.2, 0.25) is 17.7 Å². The Morgan fingerprint density at radius 2 is 0.913 bits per heavy atom. The van der Waals surface area contributed by atoms with E-state index in [-0.39, 0.29) is 30.7 Å². The van der Waals surface area contributed by atoms with Crippen LogP contribution in [0.25, 0.3) is 0 Å². The predicted molar refractivity (Wildman–Crippen MR) is 246 cm³/mol. The number of nitro benzene ring substituents is 1. The second kappa shape index (κ2) is 25.7. The van der Waals surface area contributed by atoms with Crippen LogP contribution >= 0.6 is 0 Å². The topological polar surface area (TPSA) is 307 Å². The lowest BCUT2D eigenvalue weighted by molar-refractivity contribution is -0.384. The Balaban J connectivity index is 1.70. The normalized spacial score (nSPS) is 13.7. The lowest BCUT2D eigenvalue weighted by atomic mass is 9.90. The van der Waals surface area contributed by atoms with Gasteiger partial charge in [-0.15, -0.1) is 0 Å². The highest BCUT2D eigenvalue weighted by molar-refractivity contribution is 5.95. The lowest BCUT2D eigenvalue weighted by Gasteiger charge is -2.29. The van der Waals surface area contributed by atoms with Crippen LogP contribution in [0.5, 0.6) is 5.75 Å². The first-order valence-electron chi connectivity index (χ1n) is 21.8. The molecular weight excluding hydrogens is 899 g/mol. The number of carbonyl (C=O) groups is 8. The number of non-ortho nitro benzene ring substituents is 1. The number of nitro groups is 1. The fourth-order valence-corrected chi connectivity index (χ4v) is 7.14. The molecule has 4 rings (SSSR count). The van der Waals surface area contributed by atoms with Crippen LogP contribution in [-0.4, -0.2) is 98.2 Å². The predicted octanol–water partition coefficient (Wildman–Crippen LogP) is 4.48. The number of carbonyl (C=O) groups excluding carboxylic acids is 5. The van der Waals surface area contributed by atoms with Crippen LogP contribution in [0.3, 0.4) is 0 Å². The fourth-order valence-electron chi connectivity index (χ4n) is 7.14. The Morgan fingerprint density at radius 1 is 0.551 bits per heavy atom. The van der Waals surface area contributed by atoms with E-state index in [0.29, 0.717) is 16.7 Å². The number of alkyl carbamates (subject to hydrolysis) is 1. The Labute approximate surface area is 396 Å². The molecular formula is C49H55N5O15. The molecule has 4 aromatic rings. The Kier molecular flexibility index (Phi) is 19.9. The van der Waals surface area contributed by atoms with E-state index in [1.165, 1.54) is 0 Å². The number of rotatable bonds is 25. The van der Waals surface area contributed by atoms with E-state index in [1.807, 2.05) is 0 Å². The monoisotopic (exact) mass is 953 g/mol. The summed E-state index contributed by atoms with van der Waals surface area (Å²) in [7, 11) is 0. The minimum Gasteiger partial charge on any atom is -0.481 e. The number of carboxylic acids is 3. The number of esters is 1. The zero-order valence-electron chi connectivity index (χ0n) is 38.1. The van der Waals surface area contributed by atoms with E-state index in [9.17, 15) is 63.8 Å². The molecule has 366 valence electrons. The summed E-state index contributed by atoms with van der Waals surface area (Å²) in [6, 6.07) is 24.3. The molecule has 20 heteroatoms. The molecule has 4 aromatic carbocycles. The van der Waals surface area contributed by atoms with E-state index < -0.39 is 120 Å². The van der Waals surface area contributed by atoms with Gasteiger partial charge in [-0.05, 0) is 88.1 Å². The Bertz CT molecular complexity index is 2410. The minimum atomic E-state index is -1.83. The smallest absolute Gasteiger partial charge is 0.408 e. The average molecular weight is 954 g/mol. The van der Waals surface area contributed by atoms with Crippen molar-refractivity contribution < 1.29 is 68.1 Å². The first-order chi connectivity index (χ1) is 32.7. The third-order valence-corrected chi connectivity index (χ3v) is 10.5. The van der Waals surface area contributed by atoms with Crippen molar-refractivity contribution in [1.29, 1.82) is 0 Å². The van der Waals surface area contributed by atoms with Crippen molar-refractivity contribution in [1.82, 2.24) is 21.3 Å². The molecule has 6 unspecified atom stereocenters. The molecule has 0 aliphatic heterocycles. The third-order valence-electron chi connectivity index (χ3n) is 10.5. The summed E-state index contributed by atoms with van der Waals surface area (Å²) in [5.74, 6) is -12.6. The summed E-state index contributed by atoms with van der Waals surface area (Å²) in [5, 5.41) is 51.7. The summed E-state index contributed by atoms with van der Waals surface area (Å²) in [4.78, 5) is 117. The first-order valence-corrected chi connectivity index (χ1v) is 21.8. The second-order valence-electron chi connectivity index (χ2n) is 17.1. The molecule has 0 aromatic heterocycles. The SMILES string of the molecule is CC(C)(C)OC(=O)NC(CC(Cc1ccccc1)C(=O)O)C(=O)NC(CC(Cc1ccccc1)C(=O)O)C(=O)NC(CC(Cc1ccccc1)C(=O)O)C(=O)NCC(=O)Oc1ccc([N+](=O)[O-])cc1. The minimum absolute atomic E-state index is 0.0794. The van der Waals surface area contributed by atoms with Crippen LogP contribution in [0.1, 0.15) is 56.7 Å². The summed E-state index contributed by atoms with van der Waals surface area (Å²) >= 11 is 0. The molecule has 0 radical (unpaired) electrons. The van der Waals surface area contributed by atoms with Crippen molar-refractivity contribution in [3.8, 4) is 5.75 Å². The molecule has 20 nitrogen and oxygen atoms in total. The third kappa shape index (κ3) is 18.6. The van der Waals surface area contributed by atoms with Crippen molar-refractivity contribution in [2.75, 3.05) is 6.54 Å². The van der Waals surface area contributed by atoms with Crippen LogP contribution in [0.2, 0.25) is 0 Å². The Hall–Kier alpha value is -8.16. The number of benzene rings is 4. The Morgan fingerprint density at radius 3 is 1.26 bits per heavy atom. The quantitative estimate of drug-likeness (QED) is 0.0209. The van der Waals surface area contributed by atoms with E-state index in [4.69, 9.17) is 9.47 Å². The van der Waals surface area contributed by atoms with E-state index in [1.54, 1.807) is 112 Å². The average Bonchev–Trinajstić information content (AvgIpc) is 3.29. The maximum absolute atomic E-state index is 14.6. The zero-order chi connectivity index (χ0) is 50.7. The highest BCUT2D eigenvalue weighted by Crippen LogP contribution is 2.21. The van der Waals surface area contributed by atoms with Crippen molar-refractivity contribution >= 4 is 53.4 Å². The van der Waals surface area contributed by atoms with Gasteiger partial charge < -0.3 is 46.1 Å². The molecule has 0 saturated carbocycles. The number of amides is 4. The van der Waals surface area contributed by atoms with Crippen LogP contribution < -0.4 is 26.0 Å². The second-order valence-corrected chi connectivity index (χ2v) is 17.1. The van der Waals surface area contributed by atoms with Crippen LogP contribution in [0.15, 0.2) is 115 Å². The number of ether oxygens (including phenoxy) is 2. The van der Waals surface area contributed by atoms with E-state index >= 15 is 0 Å². The van der Waals surface area contributed by atoms with Gasteiger partial charge in [0.25, 0.3) is 5.69 Å². The number of nitrogens with one attached hydrogen (secondary N) is 4. The van der Waals surface area contributed by atoms with Gasteiger partial charge >= 0.3 is 30.0 Å². The molecule has 0 aliphatic carbocycles. The molecule has 7 N–H and O–H groups in total. The molecule has 0 saturated heterocycles. The van der Waals surface area contributed by atoms with Gasteiger partial charge in [0.05, 0.1) is 22.7 Å².